The Balaban J connectivity index is 2.52. The van der Waals surface area contributed by atoms with Gasteiger partial charge in [-0.3, -0.25) is 4.68 Å². The molecule has 90 valence electrons. The number of aryl methyl sites for hydroxylation is 1. The van der Waals surface area contributed by atoms with Crippen LogP contribution in [0.3, 0.4) is 0 Å². The zero-order valence-electron chi connectivity index (χ0n) is 10.2. The van der Waals surface area contributed by atoms with E-state index in [4.69, 9.17) is 11.5 Å². The van der Waals surface area contributed by atoms with E-state index >= 15 is 0 Å². The van der Waals surface area contributed by atoms with Crippen LogP contribution in [0.2, 0.25) is 0 Å². The molecule has 0 bridgehead atoms. The first kappa shape index (κ1) is 11.4. The van der Waals surface area contributed by atoms with Crippen molar-refractivity contribution in [1.82, 2.24) is 19.7 Å². The zero-order chi connectivity index (χ0) is 12.6. The lowest BCUT2D eigenvalue weighted by Crippen LogP contribution is -2.01. The minimum absolute atomic E-state index is 0.177. The summed E-state index contributed by atoms with van der Waals surface area (Å²) in [5.41, 5.74) is 13.8. The van der Waals surface area contributed by atoms with Crippen molar-refractivity contribution in [3.05, 3.63) is 18.0 Å². The number of rotatable bonds is 2. The second-order valence-corrected chi connectivity index (χ2v) is 4.24. The van der Waals surface area contributed by atoms with E-state index in [1.54, 1.807) is 6.07 Å². The molecule has 0 saturated carbocycles. The van der Waals surface area contributed by atoms with Gasteiger partial charge in [0.2, 0.25) is 5.95 Å². The van der Waals surface area contributed by atoms with Gasteiger partial charge in [0.05, 0.1) is 11.4 Å². The Morgan fingerprint density at radius 3 is 2.47 bits per heavy atom. The first-order valence-electron chi connectivity index (χ1n) is 5.43. The molecular weight excluding hydrogens is 216 g/mol. The van der Waals surface area contributed by atoms with E-state index in [0.29, 0.717) is 17.6 Å². The fourth-order valence-electron chi connectivity index (χ4n) is 1.62. The second kappa shape index (κ2) is 4.04. The number of nitrogen functional groups attached to an aromatic ring is 2. The van der Waals surface area contributed by atoms with Gasteiger partial charge in [0.25, 0.3) is 0 Å². The van der Waals surface area contributed by atoms with Crippen molar-refractivity contribution in [2.75, 3.05) is 11.5 Å². The summed E-state index contributed by atoms with van der Waals surface area (Å²) in [5, 5.41) is 4.42. The minimum atomic E-state index is 0.177. The third-order valence-electron chi connectivity index (χ3n) is 2.48. The smallest absolute Gasteiger partial charge is 0.222 e. The molecule has 2 aromatic rings. The molecule has 0 spiro atoms. The molecule has 2 heterocycles. The lowest BCUT2D eigenvalue weighted by atomic mass is 10.2. The first-order valence-corrected chi connectivity index (χ1v) is 5.43. The fourth-order valence-corrected chi connectivity index (χ4v) is 1.62. The molecule has 6 nitrogen and oxygen atoms in total. The first-order chi connectivity index (χ1) is 7.97. The van der Waals surface area contributed by atoms with Crippen LogP contribution in [0.5, 0.6) is 0 Å². The van der Waals surface area contributed by atoms with E-state index in [0.717, 1.165) is 11.3 Å². The second-order valence-electron chi connectivity index (χ2n) is 4.24. The number of anilines is 2. The molecule has 0 aliphatic carbocycles. The third kappa shape index (κ3) is 2.20. The molecular formula is C11H16N6. The number of hydrogen-bond acceptors (Lipinski definition) is 5. The minimum Gasteiger partial charge on any atom is -0.384 e. The van der Waals surface area contributed by atoms with Gasteiger partial charge in [-0.25, -0.2) is 4.98 Å². The Bertz CT molecular complexity index is 523. The van der Waals surface area contributed by atoms with Crippen LogP contribution in [0.25, 0.3) is 11.3 Å². The van der Waals surface area contributed by atoms with Gasteiger partial charge >= 0.3 is 0 Å². The van der Waals surface area contributed by atoms with Crippen LogP contribution in [0.4, 0.5) is 11.8 Å². The van der Waals surface area contributed by atoms with Gasteiger partial charge < -0.3 is 11.5 Å². The van der Waals surface area contributed by atoms with E-state index in [-0.39, 0.29) is 5.95 Å². The highest BCUT2D eigenvalue weighted by molar-refractivity contribution is 5.64. The van der Waals surface area contributed by atoms with Crippen molar-refractivity contribution in [2.24, 2.45) is 0 Å². The largest absolute Gasteiger partial charge is 0.384 e. The van der Waals surface area contributed by atoms with Crippen molar-refractivity contribution in [3.63, 3.8) is 0 Å². The number of aromatic nitrogens is 4. The highest BCUT2D eigenvalue weighted by Gasteiger charge is 2.11. The molecule has 2 aromatic heterocycles. The lowest BCUT2D eigenvalue weighted by Gasteiger charge is -2.03. The highest BCUT2D eigenvalue weighted by atomic mass is 15.3. The van der Waals surface area contributed by atoms with Gasteiger partial charge in [-0.05, 0) is 20.8 Å². The van der Waals surface area contributed by atoms with Crippen LogP contribution >= 0.6 is 0 Å². The van der Waals surface area contributed by atoms with Crippen molar-refractivity contribution in [1.29, 1.82) is 0 Å². The summed E-state index contributed by atoms with van der Waals surface area (Å²) in [7, 11) is 0. The maximum absolute atomic E-state index is 5.66. The molecule has 0 aliphatic rings. The quantitative estimate of drug-likeness (QED) is 0.815. The predicted octanol–water partition coefficient (Wildman–Crippen LogP) is 1.39. The molecule has 0 unspecified atom stereocenters. The Morgan fingerprint density at radius 1 is 1.24 bits per heavy atom. The molecule has 0 saturated heterocycles. The molecule has 4 N–H and O–H groups in total. The van der Waals surface area contributed by atoms with E-state index in [1.165, 1.54) is 0 Å². The molecule has 0 radical (unpaired) electrons. The molecule has 0 amide bonds. The average Bonchev–Trinajstić information content (AvgIpc) is 2.59. The zero-order valence-corrected chi connectivity index (χ0v) is 10.2. The molecule has 0 fully saturated rings. The third-order valence-corrected chi connectivity index (χ3v) is 2.48. The standard InChI is InChI=1S/C11H16N6/c1-6(2)17-5-8(7(3)16-17)9-4-10(12)15-11(13)14-9/h4-6H,1-3H3,(H4,12,13,14,15). The van der Waals surface area contributed by atoms with E-state index in [2.05, 4.69) is 28.9 Å². The summed E-state index contributed by atoms with van der Waals surface area (Å²) in [6.45, 7) is 6.07. The Kier molecular flexibility index (Phi) is 2.71. The lowest BCUT2D eigenvalue weighted by molar-refractivity contribution is 0.529. The maximum atomic E-state index is 5.66. The molecule has 0 aromatic carbocycles. The SMILES string of the molecule is Cc1nn(C(C)C)cc1-c1cc(N)nc(N)n1. The van der Waals surface area contributed by atoms with Crippen LogP contribution in [0.1, 0.15) is 25.6 Å². The molecule has 2 rings (SSSR count). The monoisotopic (exact) mass is 232 g/mol. The van der Waals surface area contributed by atoms with Gasteiger partial charge in [0, 0.05) is 23.9 Å². The molecule has 0 aliphatic heterocycles. The van der Waals surface area contributed by atoms with Crippen molar-refractivity contribution < 1.29 is 0 Å². The van der Waals surface area contributed by atoms with Crippen molar-refractivity contribution >= 4 is 11.8 Å². The normalized spacial score (nSPS) is 11.1. The van der Waals surface area contributed by atoms with Gasteiger partial charge in [-0.2, -0.15) is 10.1 Å². The number of hydrogen-bond donors (Lipinski definition) is 2. The summed E-state index contributed by atoms with van der Waals surface area (Å²) in [6, 6.07) is 2.00. The molecule has 17 heavy (non-hydrogen) atoms. The van der Waals surface area contributed by atoms with Crippen LogP contribution in [0, 0.1) is 6.92 Å². The fraction of sp³-hybridized carbons (Fsp3) is 0.364. The Labute approximate surface area is 99.7 Å². The Morgan fingerprint density at radius 2 is 1.94 bits per heavy atom. The Hall–Kier alpha value is -2.11. The summed E-state index contributed by atoms with van der Waals surface area (Å²) in [5.74, 6) is 0.542. The topological polar surface area (TPSA) is 95.6 Å². The summed E-state index contributed by atoms with van der Waals surface area (Å²) < 4.78 is 1.89. The van der Waals surface area contributed by atoms with Crippen molar-refractivity contribution in [2.45, 2.75) is 26.8 Å². The van der Waals surface area contributed by atoms with E-state index in [1.807, 2.05) is 17.8 Å². The van der Waals surface area contributed by atoms with Crippen LogP contribution in [0.15, 0.2) is 12.3 Å². The predicted molar refractivity (Wildman–Crippen MR) is 67.2 cm³/mol. The number of nitrogens with two attached hydrogens (primary N) is 2. The molecule has 0 atom stereocenters. The van der Waals surface area contributed by atoms with Gasteiger partial charge in [0.15, 0.2) is 0 Å². The van der Waals surface area contributed by atoms with Crippen LogP contribution in [-0.4, -0.2) is 19.7 Å². The van der Waals surface area contributed by atoms with Crippen molar-refractivity contribution in [3.8, 4) is 11.3 Å². The van der Waals surface area contributed by atoms with Crippen LogP contribution in [-0.2, 0) is 0 Å². The highest BCUT2D eigenvalue weighted by Crippen LogP contribution is 2.23. The van der Waals surface area contributed by atoms with Gasteiger partial charge in [-0.1, -0.05) is 0 Å². The maximum Gasteiger partial charge on any atom is 0.222 e. The number of nitrogens with zero attached hydrogens (tertiary/aromatic N) is 4. The summed E-state index contributed by atoms with van der Waals surface area (Å²) >= 11 is 0. The average molecular weight is 232 g/mol. The van der Waals surface area contributed by atoms with Gasteiger partial charge in [-0.15, -0.1) is 0 Å². The summed E-state index contributed by atoms with van der Waals surface area (Å²) in [6.07, 6.45) is 1.95. The van der Waals surface area contributed by atoms with Gasteiger partial charge in [0.1, 0.15) is 5.82 Å². The van der Waals surface area contributed by atoms with E-state index < -0.39 is 0 Å². The summed E-state index contributed by atoms with van der Waals surface area (Å²) in [4.78, 5) is 8.02. The molecule has 6 heteroatoms. The van der Waals surface area contributed by atoms with Crippen LogP contribution < -0.4 is 11.5 Å². The van der Waals surface area contributed by atoms with E-state index in [9.17, 15) is 0 Å².